The average Bonchev–Trinajstić information content (AvgIpc) is 2.54. The van der Waals surface area contributed by atoms with Gasteiger partial charge in [-0.05, 0) is 24.1 Å². The molecule has 2 heterocycles. The van der Waals surface area contributed by atoms with Crippen molar-refractivity contribution in [1.82, 2.24) is 20.9 Å². The number of fused-ring (bicyclic) bond motifs is 1. The van der Waals surface area contributed by atoms with Crippen LogP contribution in [-0.4, -0.2) is 35.6 Å². The first-order chi connectivity index (χ1) is 11.5. The van der Waals surface area contributed by atoms with E-state index in [1.54, 1.807) is 0 Å². The zero-order valence-electron chi connectivity index (χ0n) is 13.2. The Balaban J connectivity index is 1.94. The average molecular weight is 334 g/mol. The highest BCUT2D eigenvalue weighted by atomic mass is 19.1. The van der Waals surface area contributed by atoms with Crippen LogP contribution in [0, 0.1) is 11.7 Å². The Morgan fingerprint density at radius 1 is 1.12 bits per heavy atom. The van der Waals surface area contributed by atoms with E-state index in [0.717, 1.165) is 12.8 Å². The number of carbonyl (C=O) groups is 3. The van der Waals surface area contributed by atoms with Crippen LogP contribution in [0.5, 0.6) is 0 Å². The number of unbranched alkanes of at least 4 members (excludes halogenated alkanes) is 1. The van der Waals surface area contributed by atoms with Gasteiger partial charge in [-0.15, -0.1) is 0 Å². The Morgan fingerprint density at radius 2 is 1.83 bits per heavy atom. The molecule has 7 nitrogen and oxygen atoms in total. The van der Waals surface area contributed by atoms with Gasteiger partial charge in [-0.1, -0.05) is 25.5 Å². The monoisotopic (exact) mass is 334 g/mol. The lowest BCUT2D eigenvalue weighted by molar-refractivity contribution is -0.130. The van der Waals surface area contributed by atoms with Crippen molar-refractivity contribution in [3.8, 4) is 0 Å². The summed E-state index contributed by atoms with van der Waals surface area (Å²) >= 11 is 0. The van der Waals surface area contributed by atoms with Gasteiger partial charge in [0.25, 0.3) is 0 Å². The SMILES string of the molecule is CCCCN1C(=O)NC(=O)C2C(c3ccc(F)cc3)NC(=O)NC21. The number of amides is 5. The number of halogens is 1. The van der Waals surface area contributed by atoms with Gasteiger partial charge in [-0.25, -0.2) is 14.0 Å². The largest absolute Gasteiger partial charge is 0.330 e. The first-order valence-corrected chi connectivity index (χ1v) is 7.95. The fourth-order valence-electron chi connectivity index (χ4n) is 3.16. The molecule has 8 heteroatoms. The summed E-state index contributed by atoms with van der Waals surface area (Å²) in [6.07, 6.45) is 0.916. The van der Waals surface area contributed by atoms with Crippen molar-refractivity contribution in [3.63, 3.8) is 0 Å². The molecular formula is C16H19FN4O3. The normalized spacial score (nSPS) is 26.3. The maximum absolute atomic E-state index is 13.2. The lowest BCUT2D eigenvalue weighted by atomic mass is 9.86. The number of imide groups is 1. The van der Waals surface area contributed by atoms with Crippen LogP contribution >= 0.6 is 0 Å². The van der Waals surface area contributed by atoms with Crippen LogP contribution in [0.25, 0.3) is 0 Å². The van der Waals surface area contributed by atoms with Gasteiger partial charge in [0.15, 0.2) is 0 Å². The van der Waals surface area contributed by atoms with E-state index in [1.807, 2.05) is 6.92 Å². The summed E-state index contributed by atoms with van der Waals surface area (Å²) in [7, 11) is 0. The van der Waals surface area contributed by atoms with Crippen molar-refractivity contribution in [3.05, 3.63) is 35.6 Å². The molecule has 0 saturated carbocycles. The highest BCUT2D eigenvalue weighted by molar-refractivity contribution is 6.00. The van der Waals surface area contributed by atoms with E-state index in [1.165, 1.54) is 29.2 Å². The predicted molar refractivity (Wildman–Crippen MR) is 83.2 cm³/mol. The molecule has 3 N–H and O–H groups in total. The minimum Gasteiger partial charge on any atom is -0.330 e. The van der Waals surface area contributed by atoms with Crippen molar-refractivity contribution < 1.29 is 18.8 Å². The molecule has 2 saturated heterocycles. The standard InChI is InChI=1S/C16H19FN4O3/c1-2-3-8-21-13-11(14(22)20-16(21)24)12(18-15(23)19-13)9-4-6-10(17)7-5-9/h4-7,11-13H,2-3,8H2,1H3,(H2,18,19,23)(H,20,22,24). The van der Waals surface area contributed by atoms with E-state index in [2.05, 4.69) is 16.0 Å². The molecule has 0 spiro atoms. The van der Waals surface area contributed by atoms with Crippen LogP contribution in [0.4, 0.5) is 14.0 Å². The zero-order valence-corrected chi connectivity index (χ0v) is 13.2. The van der Waals surface area contributed by atoms with E-state index in [4.69, 9.17) is 0 Å². The second-order valence-electron chi connectivity index (χ2n) is 5.96. The molecule has 2 aliphatic heterocycles. The van der Waals surface area contributed by atoms with Crippen LogP contribution < -0.4 is 16.0 Å². The predicted octanol–water partition coefficient (Wildman–Crippen LogP) is 1.47. The Morgan fingerprint density at radius 3 is 2.50 bits per heavy atom. The smallest absolute Gasteiger partial charge is 0.325 e. The molecule has 3 atom stereocenters. The van der Waals surface area contributed by atoms with Crippen molar-refractivity contribution >= 4 is 18.0 Å². The molecule has 1 aromatic rings. The molecule has 24 heavy (non-hydrogen) atoms. The van der Waals surface area contributed by atoms with Gasteiger partial charge in [0.05, 0.1) is 6.04 Å². The highest BCUT2D eigenvalue weighted by Crippen LogP contribution is 2.32. The van der Waals surface area contributed by atoms with Crippen LogP contribution in [0.2, 0.25) is 0 Å². The molecular weight excluding hydrogens is 315 g/mol. The van der Waals surface area contributed by atoms with Crippen molar-refractivity contribution in [2.24, 2.45) is 5.92 Å². The van der Waals surface area contributed by atoms with E-state index in [9.17, 15) is 18.8 Å². The van der Waals surface area contributed by atoms with Gasteiger partial charge in [0, 0.05) is 6.54 Å². The summed E-state index contributed by atoms with van der Waals surface area (Å²) < 4.78 is 13.2. The third-order valence-corrected chi connectivity index (χ3v) is 4.38. The number of rotatable bonds is 4. The molecule has 2 fully saturated rings. The van der Waals surface area contributed by atoms with Gasteiger partial charge >= 0.3 is 12.1 Å². The molecule has 5 amide bonds. The molecule has 0 aliphatic carbocycles. The molecule has 1 aromatic carbocycles. The molecule has 2 aliphatic rings. The van der Waals surface area contributed by atoms with Crippen molar-refractivity contribution in [2.45, 2.75) is 32.0 Å². The van der Waals surface area contributed by atoms with Crippen LogP contribution in [0.15, 0.2) is 24.3 Å². The second-order valence-corrected chi connectivity index (χ2v) is 5.96. The molecule has 128 valence electrons. The van der Waals surface area contributed by atoms with Gasteiger partial charge in [-0.3, -0.25) is 10.1 Å². The van der Waals surface area contributed by atoms with E-state index in [0.29, 0.717) is 12.1 Å². The van der Waals surface area contributed by atoms with Crippen molar-refractivity contribution in [2.75, 3.05) is 6.54 Å². The molecule has 3 unspecified atom stereocenters. The fraction of sp³-hybridized carbons (Fsp3) is 0.438. The topological polar surface area (TPSA) is 90.5 Å². The minimum atomic E-state index is -0.721. The fourth-order valence-corrected chi connectivity index (χ4v) is 3.16. The number of nitrogens with zero attached hydrogens (tertiary/aromatic N) is 1. The number of urea groups is 2. The number of benzene rings is 1. The lowest BCUT2D eigenvalue weighted by Gasteiger charge is -2.46. The second kappa shape index (κ2) is 6.46. The van der Waals surface area contributed by atoms with E-state index < -0.39 is 41.9 Å². The molecule has 0 radical (unpaired) electrons. The highest BCUT2D eigenvalue weighted by Gasteiger charge is 2.49. The van der Waals surface area contributed by atoms with Gasteiger partial charge < -0.3 is 15.5 Å². The molecule has 3 rings (SSSR count). The number of hydrogen-bond acceptors (Lipinski definition) is 3. The third-order valence-electron chi connectivity index (χ3n) is 4.38. The first kappa shape index (κ1) is 16.2. The lowest BCUT2D eigenvalue weighted by Crippen LogP contribution is -2.72. The van der Waals surface area contributed by atoms with Crippen LogP contribution in [0.1, 0.15) is 31.4 Å². The Bertz CT molecular complexity index is 664. The van der Waals surface area contributed by atoms with Gasteiger partial charge in [-0.2, -0.15) is 0 Å². The summed E-state index contributed by atoms with van der Waals surface area (Å²) in [4.78, 5) is 38.0. The summed E-state index contributed by atoms with van der Waals surface area (Å²) in [5.74, 6) is -1.55. The Kier molecular flexibility index (Phi) is 4.37. The third kappa shape index (κ3) is 2.91. The first-order valence-electron chi connectivity index (χ1n) is 7.95. The summed E-state index contributed by atoms with van der Waals surface area (Å²) in [6, 6.07) is 4.01. The Hall–Kier alpha value is -2.64. The zero-order chi connectivity index (χ0) is 17.3. The number of hydrogen-bond donors (Lipinski definition) is 3. The number of nitrogens with one attached hydrogen (secondary N) is 3. The van der Waals surface area contributed by atoms with E-state index >= 15 is 0 Å². The summed E-state index contributed by atoms with van der Waals surface area (Å²) in [6.45, 7) is 2.43. The number of carbonyl (C=O) groups excluding carboxylic acids is 3. The van der Waals surface area contributed by atoms with E-state index in [-0.39, 0.29) is 0 Å². The van der Waals surface area contributed by atoms with Gasteiger partial charge in [0.1, 0.15) is 17.9 Å². The van der Waals surface area contributed by atoms with Crippen LogP contribution in [0.3, 0.4) is 0 Å². The van der Waals surface area contributed by atoms with Crippen molar-refractivity contribution in [1.29, 1.82) is 0 Å². The maximum atomic E-state index is 13.2. The van der Waals surface area contributed by atoms with Gasteiger partial charge in [0.2, 0.25) is 5.91 Å². The quantitative estimate of drug-likeness (QED) is 0.779. The van der Waals surface area contributed by atoms with Crippen LogP contribution in [-0.2, 0) is 4.79 Å². The minimum absolute atomic E-state index is 0.400. The molecule has 0 bridgehead atoms. The summed E-state index contributed by atoms with van der Waals surface area (Å²) in [5, 5.41) is 7.72. The summed E-state index contributed by atoms with van der Waals surface area (Å²) in [5.41, 5.74) is 0.612. The maximum Gasteiger partial charge on any atom is 0.325 e. The Labute approximate surface area is 138 Å². The molecule has 0 aromatic heterocycles.